The second-order valence-corrected chi connectivity index (χ2v) is 5.92. The van der Waals surface area contributed by atoms with Crippen LogP contribution in [-0.4, -0.2) is 10.9 Å². The Morgan fingerprint density at radius 2 is 2.00 bits per heavy atom. The number of pyridine rings is 1. The zero-order valence-electron chi connectivity index (χ0n) is 13.7. The van der Waals surface area contributed by atoms with Gasteiger partial charge in [0.1, 0.15) is 11.6 Å². The Kier molecular flexibility index (Phi) is 5.36. The molecule has 1 aromatic carbocycles. The van der Waals surface area contributed by atoms with Gasteiger partial charge in [0.05, 0.1) is 23.4 Å². The van der Waals surface area contributed by atoms with Gasteiger partial charge >= 0.3 is 6.18 Å². The Hall–Kier alpha value is -3.00. The summed E-state index contributed by atoms with van der Waals surface area (Å²) in [5.41, 5.74) is -0.516. The molecule has 0 aliphatic heterocycles. The van der Waals surface area contributed by atoms with Gasteiger partial charge in [0.25, 0.3) is 5.91 Å². The summed E-state index contributed by atoms with van der Waals surface area (Å²) in [6.07, 6.45) is -1.70. The number of furan rings is 1. The smallest absolute Gasteiger partial charge is 0.417 e. The number of alkyl halides is 3. The van der Waals surface area contributed by atoms with Gasteiger partial charge in [-0.05, 0) is 42.5 Å². The Morgan fingerprint density at radius 1 is 1.19 bits per heavy atom. The quantitative estimate of drug-likeness (QED) is 0.636. The molecule has 2 heterocycles. The number of anilines is 2. The summed E-state index contributed by atoms with van der Waals surface area (Å²) in [6, 6.07) is 9.77. The van der Waals surface area contributed by atoms with Crippen LogP contribution in [0, 0.1) is 0 Å². The Labute approximate surface area is 157 Å². The maximum atomic E-state index is 13.0. The van der Waals surface area contributed by atoms with Crippen molar-refractivity contribution in [3.8, 4) is 0 Å². The van der Waals surface area contributed by atoms with E-state index in [2.05, 4.69) is 15.6 Å². The number of halogens is 4. The first-order valence-corrected chi connectivity index (χ1v) is 8.11. The fraction of sp³-hybridized carbons (Fsp3) is 0.111. The minimum absolute atomic E-state index is 0.146. The first-order valence-electron chi connectivity index (χ1n) is 7.73. The highest BCUT2D eigenvalue weighted by atomic mass is 35.5. The van der Waals surface area contributed by atoms with E-state index in [-0.39, 0.29) is 24.0 Å². The van der Waals surface area contributed by atoms with Crippen molar-refractivity contribution < 1.29 is 22.4 Å². The number of nitrogens with zero attached hydrogens (tertiary/aromatic N) is 1. The number of rotatable bonds is 5. The molecule has 0 atom stereocenters. The van der Waals surface area contributed by atoms with Crippen LogP contribution in [0.15, 0.2) is 59.3 Å². The lowest BCUT2D eigenvalue weighted by molar-refractivity contribution is -0.137. The summed E-state index contributed by atoms with van der Waals surface area (Å²) in [7, 11) is 0. The number of benzene rings is 1. The van der Waals surface area contributed by atoms with E-state index in [0.717, 1.165) is 12.1 Å². The van der Waals surface area contributed by atoms with Crippen LogP contribution in [-0.2, 0) is 12.7 Å². The molecule has 3 aromatic rings. The van der Waals surface area contributed by atoms with Gasteiger partial charge in [-0.1, -0.05) is 11.6 Å². The molecular weight excluding hydrogens is 383 g/mol. The number of amides is 1. The summed E-state index contributed by atoms with van der Waals surface area (Å²) in [5, 5.41) is 5.02. The summed E-state index contributed by atoms with van der Waals surface area (Å²) in [6.45, 7) is 0.211. The minimum atomic E-state index is -4.57. The predicted octanol–water partition coefficient (Wildman–Crippen LogP) is 5.02. The van der Waals surface area contributed by atoms with E-state index in [1.165, 1.54) is 30.7 Å². The molecule has 2 aromatic heterocycles. The molecule has 0 bridgehead atoms. The predicted molar refractivity (Wildman–Crippen MR) is 93.9 cm³/mol. The highest BCUT2D eigenvalue weighted by Crippen LogP contribution is 2.36. The van der Waals surface area contributed by atoms with Crippen LogP contribution < -0.4 is 10.6 Å². The third kappa shape index (κ3) is 4.79. The zero-order valence-corrected chi connectivity index (χ0v) is 14.4. The lowest BCUT2D eigenvalue weighted by Crippen LogP contribution is -2.22. The van der Waals surface area contributed by atoms with Crippen molar-refractivity contribution in [1.82, 2.24) is 10.3 Å². The lowest BCUT2D eigenvalue weighted by Gasteiger charge is -2.12. The Bertz CT molecular complexity index is 943. The normalized spacial score (nSPS) is 11.3. The Balaban J connectivity index is 1.73. The maximum absolute atomic E-state index is 13.0. The van der Waals surface area contributed by atoms with Crippen LogP contribution in [0.5, 0.6) is 0 Å². The molecule has 5 nitrogen and oxygen atoms in total. The maximum Gasteiger partial charge on any atom is 0.417 e. The summed E-state index contributed by atoms with van der Waals surface area (Å²) in [5.74, 6) is 0.441. The molecule has 1 amide bonds. The summed E-state index contributed by atoms with van der Waals surface area (Å²) in [4.78, 5) is 16.2. The van der Waals surface area contributed by atoms with E-state index < -0.39 is 16.8 Å². The summed E-state index contributed by atoms with van der Waals surface area (Å²) < 4.78 is 44.0. The highest BCUT2D eigenvalue weighted by Gasteiger charge is 2.33. The first-order chi connectivity index (χ1) is 12.8. The molecule has 0 saturated carbocycles. The van der Waals surface area contributed by atoms with Crippen molar-refractivity contribution in [1.29, 1.82) is 0 Å². The van der Waals surface area contributed by atoms with Gasteiger partial charge in [-0.25, -0.2) is 4.98 Å². The third-order valence-electron chi connectivity index (χ3n) is 3.57. The number of aromatic nitrogens is 1. The topological polar surface area (TPSA) is 67.2 Å². The van der Waals surface area contributed by atoms with E-state index in [9.17, 15) is 18.0 Å². The van der Waals surface area contributed by atoms with Gasteiger partial charge in [-0.15, -0.1) is 0 Å². The van der Waals surface area contributed by atoms with E-state index in [1.54, 1.807) is 12.1 Å². The number of nitrogens with one attached hydrogen (secondary N) is 2. The number of hydrogen-bond acceptors (Lipinski definition) is 4. The minimum Gasteiger partial charge on any atom is -0.467 e. The molecule has 0 spiro atoms. The van der Waals surface area contributed by atoms with Gasteiger partial charge in [-0.2, -0.15) is 13.2 Å². The molecule has 0 aliphatic carbocycles. The average Bonchev–Trinajstić information content (AvgIpc) is 3.14. The lowest BCUT2D eigenvalue weighted by atomic mass is 10.2. The number of carbonyl (C=O) groups is 1. The van der Waals surface area contributed by atoms with Crippen LogP contribution in [0.25, 0.3) is 0 Å². The third-order valence-corrected chi connectivity index (χ3v) is 3.90. The molecule has 3 rings (SSSR count). The van der Waals surface area contributed by atoms with Crippen molar-refractivity contribution >= 4 is 29.0 Å². The van der Waals surface area contributed by atoms with Gasteiger partial charge in [0.15, 0.2) is 0 Å². The van der Waals surface area contributed by atoms with Crippen LogP contribution >= 0.6 is 11.6 Å². The first kappa shape index (κ1) is 18.8. The molecule has 27 heavy (non-hydrogen) atoms. The largest absolute Gasteiger partial charge is 0.467 e. The van der Waals surface area contributed by atoms with Crippen molar-refractivity contribution in [2.24, 2.45) is 0 Å². The summed E-state index contributed by atoms with van der Waals surface area (Å²) >= 11 is 5.60. The highest BCUT2D eigenvalue weighted by molar-refractivity contribution is 6.31. The van der Waals surface area contributed by atoms with E-state index in [4.69, 9.17) is 16.0 Å². The molecule has 140 valence electrons. The van der Waals surface area contributed by atoms with E-state index in [0.29, 0.717) is 11.3 Å². The molecule has 0 radical (unpaired) electrons. The molecule has 0 saturated heterocycles. The van der Waals surface area contributed by atoms with E-state index >= 15 is 0 Å². The van der Waals surface area contributed by atoms with Gasteiger partial charge < -0.3 is 15.1 Å². The van der Waals surface area contributed by atoms with Crippen molar-refractivity contribution in [3.05, 3.63) is 76.8 Å². The fourth-order valence-corrected chi connectivity index (χ4v) is 2.52. The van der Waals surface area contributed by atoms with Crippen LogP contribution in [0.3, 0.4) is 0 Å². The standard InChI is InChI=1S/C18H13ClF3N3O2/c19-15-4-3-12(9-14(15)18(20,21)22)25-16-8-11(5-6-23-16)17(26)24-10-13-2-1-7-27-13/h1-9H,10H2,(H,23,25)(H,24,26). The van der Waals surface area contributed by atoms with Crippen molar-refractivity contribution in [3.63, 3.8) is 0 Å². The van der Waals surface area contributed by atoms with Gasteiger partial charge in [0.2, 0.25) is 0 Å². The molecule has 2 N–H and O–H groups in total. The van der Waals surface area contributed by atoms with Crippen molar-refractivity contribution in [2.45, 2.75) is 12.7 Å². The van der Waals surface area contributed by atoms with Crippen LogP contribution in [0.2, 0.25) is 5.02 Å². The van der Waals surface area contributed by atoms with Crippen molar-refractivity contribution in [2.75, 3.05) is 5.32 Å². The molecule has 0 unspecified atom stereocenters. The monoisotopic (exact) mass is 395 g/mol. The second-order valence-electron chi connectivity index (χ2n) is 5.51. The zero-order chi connectivity index (χ0) is 19.4. The number of hydrogen-bond donors (Lipinski definition) is 2. The van der Waals surface area contributed by atoms with Gasteiger partial charge in [0, 0.05) is 17.4 Å². The van der Waals surface area contributed by atoms with Crippen LogP contribution in [0.4, 0.5) is 24.7 Å². The fourth-order valence-electron chi connectivity index (χ4n) is 2.29. The Morgan fingerprint density at radius 3 is 2.70 bits per heavy atom. The molecule has 0 aliphatic rings. The number of carbonyl (C=O) groups excluding carboxylic acids is 1. The van der Waals surface area contributed by atoms with E-state index in [1.807, 2.05) is 0 Å². The van der Waals surface area contributed by atoms with Gasteiger partial charge in [-0.3, -0.25) is 4.79 Å². The molecule has 0 fully saturated rings. The SMILES string of the molecule is O=C(NCc1ccco1)c1ccnc(Nc2ccc(Cl)c(C(F)(F)F)c2)c1. The molecule has 9 heteroatoms. The van der Waals surface area contributed by atoms with Crippen LogP contribution in [0.1, 0.15) is 21.7 Å². The molecular formula is C18H13ClF3N3O2. The second kappa shape index (κ2) is 7.71. The average molecular weight is 396 g/mol.